The molecular weight excluding hydrogens is 222 g/mol. The zero-order chi connectivity index (χ0) is 12.5. The maximum absolute atomic E-state index is 11.1. The Bertz CT molecular complexity index is 330. The van der Waals surface area contributed by atoms with Crippen molar-refractivity contribution >= 4 is 11.9 Å². The predicted octanol–water partition coefficient (Wildman–Crippen LogP) is 0.542. The number of nitrogens with one attached hydrogen (secondary N) is 1. The molecule has 1 fully saturated rings. The molecule has 2 aliphatic rings. The molecule has 1 aliphatic carbocycles. The lowest BCUT2D eigenvalue weighted by Crippen LogP contribution is -2.57. The normalized spacial score (nSPS) is 35.2. The van der Waals surface area contributed by atoms with Crippen molar-refractivity contribution in [3.05, 3.63) is 12.2 Å². The summed E-state index contributed by atoms with van der Waals surface area (Å²) >= 11 is 0. The summed E-state index contributed by atoms with van der Waals surface area (Å²) in [6.45, 7) is 3.61. The van der Waals surface area contributed by atoms with Gasteiger partial charge >= 0.3 is 11.9 Å². The summed E-state index contributed by atoms with van der Waals surface area (Å²) in [6, 6.07) is 0. The Hall–Kier alpha value is -1.36. The summed E-state index contributed by atoms with van der Waals surface area (Å²) in [5.74, 6) is -0.646. The van der Waals surface area contributed by atoms with Crippen LogP contribution in [0.4, 0.5) is 0 Å². The van der Waals surface area contributed by atoms with E-state index in [1.165, 1.54) is 13.8 Å². The Balaban J connectivity index is 2.17. The summed E-state index contributed by atoms with van der Waals surface area (Å²) in [4.78, 5) is 22.2. The quantitative estimate of drug-likeness (QED) is 0.563. The van der Waals surface area contributed by atoms with Crippen LogP contribution in [0.2, 0.25) is 0 Å². The second-order valence-electron chi connectivity index (χ2n) is 4.52. The van der Waals surface area contributed by atoms with E-state index in [2.05, 4.69) is 5.32 Å². The van der Waals surface area contributed by atoms with Crippen molar-refractivity contribution in [1.82, 2.24) is 5.32 Å². The van der Waals surface area contributed by atoms with E-state index >= 15 is 0 Å². The lowest BCUT2D eigenvalue weighted by molar-refractivity contribution is -0.154. The van der Waals surface area contributed by atoms with Gasteiger partial charge in [-0.05, 0) is 31.5 Å². The molecular formula is C12H17NO4. The topological polar surface area (TPSA) is 64.6 Å². The first-order valence-corrected chi connectivity index (χ1v) is 5.82. The van der Waals surface area contributed by atoms with Crippen LogP contribution in [-0.2, 0) is 19.1 Å². The van der Waals surface area contributed by atoms with Crippen LogP contribution in [0.3, 0.4) is 0 Å². The molecule has 0 aromatic heterocycles. The standard InChI is InChI=1S/C12H17NO4/c1-8(14)16-10-4-5-11(17-9(2)15)12(10)6-3-7-13-12/h4-5,10-11,13H,3,6-7H2,1-2H3/t10-,11+,12?. The van der Waals surface area contributed by atoms with Crippen LogP contribution in [0.1, 0.15) is 26.7 Å². The molecule has 1 heterocycles. The third-order valence-corrected chi connectivity index (χ3v) is 3.28. The van der Waals surface area contributed by atoms with E-state index in [0.29, 0.717) is 0 Å². The molecule has 17 heavy (non-hydrogen) atoms. The number of esters is 2. The van der Waals surface area contributed by atoms with E-state index in [1.807, 2.05) is 0 Å². The Morgan fingerprint density at radius 1 is 1.18 bits per heavy atom. The van der Waals surface area contributed by atoms with Gasteiger partial charge in [-0.2, -0.15) is 0 Å². The minimum Gasteiger partial charge on any atom is -0.456 e. The van der Waals surface area contributed by atoms with Crippen LogP contribution in [0.5, 0.6) is 0 Å². The Labute approximate surface area is 100 Å². The maximum atomic E-state index is 11.1. The third kappa shape index (κ3) is 2.20. The van der Waals surface area contributed by atoms with E-state index in [0.717, 1.165) is 19.4 Å². The predicted molar refractivity (Wildman–Crippen MR) is 60.2 cm³/mol. The van der Waals surface area contributed by atoms with E-state index < -0.39 is 5.54 Å². The van der Waals surface area contributed by atoms with E-state index in [-0.39, 0.29) is 24.1 Å². The molecule has 1 N–H and O–H groups in total. The average Bonchev–Trinajstić information content (AvgIpc) is 2.80. The van der Waals surface area contributed by atoms with Gasteiger partial charge in [0, 0.05) is 13.8 Å². The van der Waals surface area contributed by atoms with Crippen LogP contribution in [-0.4, -0.2) is 36.2 Å². The summed E-state index contributed by atoms with van der Waals surface area (Å²) in [5, 5.41) is 3.33. The summed E-state index contributed by atoms with van der Waals surface area (Å²) in [7, 11) is 0. The second kappa shape index (κ2) is 4.49. The summed E-state index contributed by atoms with van der Waals surface area (Å²) in [5.41, 5.74) is -0.461. The number of hydrogen-bond acceptors (Lipinski definition) is 5. The molecule has 0 aromatic carbocycles. The van der Waals surface area contributed by atoms with Crippen LogP contribution in [0, 0.1) is 0 Å². The van der Waals surface area contributed by atoms with Gasteiger partial charge in [-0.1, -0.05) is 0 Å². The van der Waals surface area contributed by atoms with Crippen LogP contribution in [0.25, 0.3) is 0 Å². The Kier molecular flexibility index (Phi) is 3.19. The SMILES string of the molecule is CC(=O)O[C@H]1C=C[C@@H](OC(C)=O)C12CCCN2. The van der Waals surface area contributed by atoms with Crippen LogP contribution < -0.4 is 5.32 Å². The molecule has 3 atom stereocenters. The van der Waals surface area contributed by atoms with Gasteiger partial charge in [0.25, 0.3) is 0 Å². The molecule has 1 unspecified atom stereocenters. The molecule has 0 aromatic rings. The minimum absolute atomic E-state index is 0.323. The van der Waals surface area contributed by atoms with Gasteiger partial charge in [0.2, 0.25) is 0 Å². The van der Waals surface area contributed by atoms with Gasteiger partial charge in [0.05, 0.1) is 0 Å². The molecule has 5 heteroatoms. The van der Waals surface area contributed by atoms with Crippen molar-refractivity contribution in [3.63, 3.8) is 0 Å². The van der Waals surface area contributed by atoms with Crippen molar-refractivity contribution in [3.8, 4) is 0 Å². The Morgan fingerprint density at radius 3 is 2.06 bits per heavy atom. The fraction of sp³-hybridized carbons (Fsp3) is 0.667. The van der Waals surface area contributed by atoms with Crippen molar-refractivity contribution in [2.45, 2.75) is 44.4 Å². The number of carbonyl (C=O) groups is 2. The highest BCUT2D eigenvalue weighted by molar-refractivity contribution is 5.68. The van der Waals surface area contributed by atoms with Crippen LogP contribution in [0.15, 0.2) is 12.2 Å². The van der Waals surface area contributed by atoms with Gasteiger partial charge in [-0.15, -0.1) is 0 Å². The highest BCUT2D eigenvalue weighted by Gasteiger charge is 2.52. The zero-order valence-electron chi connectivity index (χ0n) is 10.1. The first kappa shape index (κ1) is 12.1. The number of rotatable bonds is 2. The average molecular weight is 239 g/mol. The molecule has 0 saturated carbocycles. The first-order valence-electron chi connectivity index (χ1n) is 5.82. The van der Waals surface area contributed by atoms with Gasteiger partial charge in [0.1, 0.15) is 17.7 Å². The smallest absolute Gasteiger partial charge is 0.303 e. The van der Waals surface area contributed by atoms with Gasteiger partial charge in [-0.3, -0.25) is 9.59 Å². The van der Waals surface area contributed by atoms with Gasteiger partial charge < -0.3 is 14.8 Å². The van der Waals surface area contributed by atoms with Crippen molar-refractivity contribution in [1.29, 1.82) is 0 Å². The molecule has 0 bridgehead atoms. The van der Waals surface area contributed by atoms with E-state index in [9.17, 15) is 9.59 Å². The molecule has 1 aliphatic heterocycles. The van der Waals surface area contributed by atoms with Crippen molar-refractivity contribution < 1.29 is 19.1 Å². The number of hydrogen-bond donors (Lipinski definition) is 1. The van der Waals surface area contributed by atoms with Crippen molar-refractivity contribution in [2.75, 3.05) is 6.54 Å². The molecule has 1 spiro atoms. The zero-order valence-corrected chi connectivity index (χ0v) is 10.1. The Morgan fingerprint density at radius 2 is 1.71 bits per heavy atom. The molecule has 1 saturated heterocycles. The number of ether oxygens (including phenoxy) is 2. The van der Waals surface area contributed by atoms with Gasteiger partial charge in [-0.25, -0.2) is 0 Å². The fourth-order valence-electron chi connectivity index (χ4n) is 2.63. The molecule has 0 radical (unpaired) electrons. The maximum Gasteiger partial charge on any atom is 0.303 e. The molecule has 94 valence electrons. The van der Waals surface area contributed by atoms with E-state index in [4.69, 9.17) is 9.47 Å². The summed E-state index contributed by atoms with van der Waals surface area (Å²) < 4.78 is 10.6. The highest BCUT2D eigenvalue weighted by Crippen LogP contribution is 2.36. The largest absolute Gasteiger partial charge is 0.456 e. The second-order valence-corrected chi connectivity index (χ2v) is 4.52. The van der Waals surface area contributed by atoms with Crippen LogP contribution >= 0.6 is 0 Å². The molecule has 5 nitrogen and oxygen atoms in total. The first-order chi connectivity index (χ1) is 8.04. The summed E-state index contributed by atoms with van der Waals surface area (Å²) in [6.07, 6.45) is 4.70. The lowest BCUT2D eigenvalue weighted by atomic mass is 9.89. The number of carbonyl (C=O) groups excluding carboxylic acids is 2. The lowest BCUT2D eigenvalue weighted by Gasteiger charge is -2.35. The van der Waals surface area contributed by atoms with E-state index in [1.54, 1.807) is 12.2 Å². The molecule has 0 amide bonds. The third-order valence-electron chi connectivity index (χ3n) is 3.28. The highest BCUT2D eigenvalue weighted by atomic mass is 16.6. The fourth-order valence-corrected chi connectivity index (χ4v) is 2.63. The molecule has 2 rings (SSSR count). The van der Waals surface area contributed by atoms with Gasteiger partial charge in [0.15, 0.2) is 0 Å². The monoisotopic (exact) mass is 239 g/mol. The van der Waals surface area contributed by atoms with Crippen molar-refractivity contribution in [2.24, 2.45) is 0 Å². The minimum atomic E-state index is -0.461.